The Balaban J connectivity index is 2.06. The second-order valence-electron chi connectivity index (χ2n) is 7.80. The molecule has 2 aromatic rings. The van der Waals surface area contributed by atoms with Gasteiger partial charge in [-0.2, -0.15) is 0 Å². The van der Waals surface area contributed by atoms with Crippen molar-refractivity contribution in [1.82, 2.24) is 0 Å². The van der Waals surface area contributed by atoms with Crippen LogP contribution in [0.4, 0.5) is 5.69 Å². The number of anilines is 1. The molecule has 0 bridgehead atoms. The lowest BCUT2D eigenvalue weighted by Gasteiger charge is -2.24. The van der Waals surface area contributed by atoms with E-state index >= 15 is 0 Å². The summed E-state index contributed by atoms with van der Waals surface area (Å²) in [6.45, 7) is 6.02. The van der Waals surface area contributed by atoms with Crippen molar-refractivity contribution in [2.45, 2.75) is 38.0 Å². The van der Waals surface area contributed by atoms with Gasteiger partial charge in [-0.25, -0.2) is 13.6 Å². The molecular weight excluding hydrogens is 436 g/mol. The third-order valence-corrected chi connectivity index (χ3v) is 7.36. The molecule has 3 rings (SSSR count). The molecule has 0 radical (unpaired) electrons. The SMILES string of the molecule is CC(C)CCSC(=S)c1cc(N2CCCC2)c(Oc2ccccc2)c(S(N)(=O)=O)c1. The quantitative estimate of drug-likeness (QED) is 0.543. The molecular formula is C22H28N2O3S3. The van der Waals surface area contributed by atoms with E-state index in [1.54, 1.807) is 30.0 Å². The number of nitrogens with zero attached hydrogens (tertiary/aromatic N) is 1. The van der Waals surface area contributed by atoms with Gasteiger partial charge < -0.3 is 9.64 Å². The Bertz CT molecular complexity index is 986. The number of hydrogen-bond donors (Lipinski definition) is 1. The van der Waals surface area contributed by atoms with Crippen LogP contribution in [-0.2, 0) is 10.0 Å². The lowest BCUT2D eigenvalue weighted by Crippen LogP contribution is -2.21. The summed E-state index contributed by atoms with van der Waals surface area (Å²) >= 11 is 7.21. The lowest BCUT2D eigenvalue weighted by molar-refractivity contribution is 0.467. The molecule has 1 heterocycles. The summed E-state index contributed by atoms with van der Waals surface area (Å²) in [7, 11) is -4.02. The fraction of sp³-hybridized carbons (Fsp3) is 0.409. The number of ether oxygens (including phenoxy) is 1. The standard InChI is InChI=1S/C22H28N2O3S3/c1-16(2)10-13-29-22(28)17-14-19(24-11-6-7-12-24)21(20(15-17)30(23,25)26)27-18-8-4-3-5-9-18/h3-5,8-9,14-16H,6-7,10-13H2,1-2H3,(H2,23,25,26). The summed E-state index contributed by atoms with van der Waals surface area (Å²) in [5.74, 6) is 2.30. The van der Waals surface area contributed by atoms with E-state index in [0.717, 1.165) is 43.8 Å². The number of hydrogen-bond acceptors (Lipinski definition) is 6. The van der Waals surface area contributed by atoms with Gasteiger partial charge in [-0.15, -0.1) is 11.8 Å². The van der Waals surface area contributed by atoms with Gasteiger partial charge in [-0.05, 0) is 55.2 Å². The molecule has 30 heavy (non-hydrogen) atoms. The molecule has 0 unspecified atom stereocenters. The number of para-hydroxylation sites is 1. The summed E-state index contributed by atoms with van der Waals surface area (Å²) in [5, 5.41) is 5.61. The van der Waals surface area contributed by atoms with Crippen LogP contribution in [-0.4, -0.2) is 31.5 Å². The van der Waals surface area contributed by atoms with Crippen LogP contribution in [0.5, 0.6) is 11.5 Å². The van der Waals surface area contributed by atoms with Crippen molar-refractivity contribution in [3.05, 3.63) is 48.0 Å². The molecule has 0 aliphatic carbocycles. The van der Waals surface area contributed by atoms with E-state index in [1.807, 2.05) is 24.3 Å². The monoisotopic (exact) mass is 464 g/mol. The second kappa shape index (κ2) is 10.1. The number of nitrogens with two attached hydrogens (primary N) is 1. The molecule has 0 aromatic heterocycles. The second-order valence-corrected chi connectivity index (χ2v) is 11.1. The maximum absolute atomic E-state index is 12.5. The Morgan fingerprint density at radius 3 is 2.47 bits per heavy atom. The molecule has 8 heteroatoms. The van der Waals surface area contributed by atoms with Crippen molar-refractivity contribution in [2.75, 3.05) is 23.7 Å². The molecule has 0 spiro atoms. The van der Waals surface area contributed by atoms with E-state index < -0.39 is 10.0 Å². The zero-order chi connectivity index (χ0) is 21.7. The van der Waals surface area contributed by atoms with Crippen LogP contribution in [0.3, 0.4) is 0 Å². The number of thioether (sulfide) groups is 1. The highest BCUT2D eigenvalue weighted by Crippen LogP contribution is 2.41. The smallest absolute Gasteiger partial charge is 0.241 e. The number of primary sulfonamides is 1. The third kappa shape index (κ3) is 5.97. The highest BCUT2D eigenvalue weighted by molar-refractivity contribution is 8.23. The highest BCUT2D eigenvalue weighted by Gasteiger charge is 2.26. The van der Waals surface area contributed by atoms with Gasteiger partial charge in [0.15, 0.2) is 5.75 Å². The molecule has 1 aliphatic heterocycles. The predicted molar refractivity (Wildman–Crippen MR) is 129 cm³/mol. The maximum atomic E-state index is 12.5. The van der Waals surface area contributed by atoms with Gasteiger partial charge in [0.2, 0.25) is 10.0 Å². The Labute approximate surface area is 189 Å². The molecule has 162 valence electrons. The molecule has 5 nitrogen and oxygen atoms in total. The molecule has 1 saturated heterocycles. The van der Waals surface area contributed by atoms with E-state index in [1.165, 1.54) is 0 Å². The van der Waals surface area contributed by atoms with Crippen LogP contribution in [0.15, 0.2) is 47.4 Å². The Kier molecular flexibility index (Phi) is 7.79. The molecule has 0 amide bonds. The van der Waals surface area contributed by atoms with Gasteiger partial charge in [0.05, 0.1) is 9.88 Å². The molecule has 1 fully saturated rings. The van der Waals surface area contributed by atoms with Gasteiger partial charge >= 0.3 is 0 Å². The average molecular weight is 465 g/mol. The minimum atomic E-state index is -4.02. The zero-order valence-electron chi connectivity index (χ0n) is 17.3. The summed E-state index contributed by atoms with van der Waals surface area (Å²) in [6.07, 6.45) is 3.14. The Hall–Kier alpha value is -1.61. The zero-order valence-corrected chi connectivity index (χ0v) is 19.8. The van der Waals surface area contributed by atoms with Crippen LogP contribution in [0, 0.1) is 5.92 Å². The van der Waals surface area contributed by atoms with E-state index in [0.29, 0.717) is 21.4 Å². The van der Waals surface area contributed by atoms with Crippen molar-refractivity contribution in [3.63, 3.8) is 0 Å². The van der Waals surface area contributed by atoms with E-state index in [4.69, 9.17) is 22.1 Å². The van der Waals surface area contributed by atoms with Crippen LogP contribution < -0.4 is 14.8 Å². The number of sulfonamides is 1. The highest BCUT2D eigenvalue weighted by atomic mass is 32.2. The van der Waals surface area contributed by atoms with Crippen molar-refractivity contribution in [1.29, 1.82) is 0 Å². The first-order valence-electron chi connectivity index (χ1n) is 10.1. The van der Waals surface area contributed by atoms with Crippen LogP contribution in [0.25, 0.3) is 0 Å². The topological polar surface area (TPSA) is 72.6 Å². The fourth-order valence-electron chi connectivity index (χ4n) is 3.29. The Morgan fingerprint density at radius 1 is 1.20 bits per heavy atom. The van der Waals surface area contributed by atoms with Crippen LogP contribution in [0.2, 0.25) is 0 Å². The first-order chi connectivity index (χ1) is 14.3. The summed E-state index contributed by atoms with van der Waals surface area (Å²) in [6, 6.07) is 12.7. The summed E-state index contributed by atoms with van der Waals surface area (Å²) < 4.78 is 31.8. The largest absolute Gasteiger partial charge is 0.454 e. The van der Waals surface area contributed by atoms with Gasteiger partial charge in [0.1, 0.15) is 10.6 Å². The minimum Gasteiger partial charge on any atom is -0.454 e. The Morgan fingerprint density at radius 2 is 1.87 bits per heavy atom. The normalized spacial score (nSPS) is 14.3. The fourth-order valence-corrected chi connectivity index (χ4v) is 5.41. The first-order valence-corrected chi connectivity index (χ1v) is 13.1. The third-order valence-electron chi connectivity index (χ3n) is 4.92. The maximum Gasteiger partial charge on any atom is 0.241 e. The van der Waals surface area contributed by atoms with Crippen LogP contribution in [0.1, 0.15) is 38.7 Å². The van der Waals surface area contributed by atoms with Gasteiger partial charge in [0.25, 0.3) is 0 Å². The predicted octanol–water partition coefficient (Wildman–Crippen LogP) is 5.18. The van der Waals surface area contributed by atoms with Crippen molar-refractivity contribution in [2.24, 2.45) is 11.1 Å². The van der Waals surface area contributed by atoms with Crippen LogP contribution >= 0.6 is 24.0 Å². The molecule has 2 N–H and O–H groups in total. The summed E-state index contributed by atoms with van der Waals surface area (Å²) in [5.41, 5.74) is 1.43. The van der Waals surface area contributed by atoms with E-state index in [9.17, 15) is 8.42 Å². The minimum absolute atomic E-state index is 0.0300. The van der Waals surface area contributed by atoms with Gasteiger partial charge in [-0.3, -0.25) is 0 Å². The van der Waals surface area contributed by atoms with Gasteiger partial charge in [0, 0.05) is 18.7 Å². The first kappa shape index (κ1) is 23.1. The average Bonchev–Trinajstić information content (AvgIpc) is 3.22. The molecule has 0 atom stereocenters. The number of benzene rings is 2. The molecule has 0 saturated carbocycles. The van der Waals surface area contributed by atoms with E-state index in [2.05, 4.69) is 18.7 Å². The molecule has 1 aliphatic rings. The van der Waals surface area contributed by atoms with Crippen molar-refractivity contribution in [3.8, 4) is 11.5 Å². The summed E-state index contributed by atoms with van der Waals surface area (Å²) in [4.78, 5) is 2.12. The molecule has 2 aromatic carbocycles. The van der Waals surface area contributed by atoms with Crippen molar-refractivity contribution >= 4 is 43.9 Å². The number of thiocarbonyl (C=S) groups is 1. The van der Waals surface area contributed by atoms with Crippen molar-refractivity contribution < 1.29 is 13.2 Å². The lowest BCUT2D eigenvalue weighted by atomic mass is 10.2. The van der Waals surface area contributed by atoms with E-state index in [-0.39, 0.29) is 10.6 Å². The number of rotatable bonds is 8. The van der Waals surface area contributed by atoms with Gasteiger partial charge in [-0.1, -0.05) is 44.3 Å².